The predicted molar refractivity (Wildman–Crippen MR) is 66.3 cm³/mol. The third kappa shape index (κ3) is 1.95. The number of piperidine rings is 1. The summed E-state index contributed by atoms with van der Waals surface area (Å²) in [6.07, 6.45) is 3.89. The van der Waals surface area contributed by atoms with Crippen LogP contribution in [-0.2, 0) is 0 Å². The number of amides is 1. The number of pyridine rings is 1. The zero-order valence-corrected chi connectivity index (χ0v) is 10.2. The maximum Gasteiger partial charge on any atom is 0.276 e. The second-order valence-electron chi connectivity index (χ2n) is 5.04. The first kappa shape index (κ1) is 11.5. The Morgan fingerprint density at radius 2 is 2.39 bits per heavy atom. The first-order valence-corrected chi connectivity index (χ1v) is 6.42. The second-order valence-corrected chi connectivity index (χ2v) is 5.04. The fraction of sp³-hybridized carbons (Fsp3) is 0.538. The molecule has 2 aliphatic heterocycles. The number of carbonyl (C=O) groups is 1. The van der Waals surface area contributed by atoms with Crippen LogP contribution >= 0.6 is 0 Å². The van der Waals surface area contributed by atoms with Crippen molar-refractivity contribution in [3.8, 4) is 5.75 Å². The molecular weight excluding hydrogens is 230 g/mol. The highest BCUT2D eigenvalue weighted by molar-refractivity contribution is 5.95. The average molecular weight is 247 g/mol. The van der Waals surface area contributed by atoms with Gasteiger partial charge in [-0.15, -0.1) is 0 Å². The van der Waals surface area contributed by atoms with Gasteiger partial charge in [-0.2, -0.15) is 0 Å². The topological polar surface area (TPSA) is 65.5 Å². The molecule has 0 aliphatic carbocycles. The molecule has 3 heterocycles. The van der Waals surface area contributed by atoms with Crippen LogP contribution in [0.3, 0.4) is 0 Å². The molecule has 5 heteroatoms. The number of carbonyl (C=O) groups excluding carboxylic acids is 1. The van der Waals surface area contributed by atoms with Crippen LogP contribution < -0.4 is 5.32 Å². The Morgan fingerprint density at radius 1 is 1.50 bits per heavy atom. The molecule has 3 rings (SSSR count). The molecule has 5 nitrogen and oxygen atoms in total. The smallest absolute Gasteiger partial charge is 0.276 e. The molecule has 18 heavy (non-hydrogen) atoms. The summed E-state index contributed by atoms with van der Waals surface area (Å²) < 4.78 is 0. The van der Waals surface area contributed by atoms with Crippen LogP contribution in [0, 0.1) is 5.92 Å². The Labute approximate surface area is 106 Å². The molecule has 1 aromatic rings. The Balaban J connectivity index is 1.76. The molecule has 2 N–H and O–H groups in total. The van der Waals surface area contributed by atoms with Gasteiger partial charge in [0.25, 0.3) is 5.91 Å². The van der Waals surface area contributed by atoms with Gasteiger partial charge in [0.2, 0.25) is 0 Å². The number of hydrogen-bond acceptors (Lipinski definition) is 4. The number of rotatable bonds is 1. The summed E-state index contributed by atoms with van der Waals surface area (Å²) in [5, 5.41) is 13.1. The Bertz CT molecular complexity index is 449. The lowest BCUT2D eigenvalue weighted by atomic mass is 9.94. The van der Waals surface area contributed by atoms with Crippen molar-refractivity contribution in [1.82, 2.24) is 15.2 Å². The number of aromatic nitrogens is 1. The third-order valence-corrected chi connectivity index (χ3v) is 3.88. The average Bonchev–Trinajstić information content (AvgIpc) is 2.82. The Hall–Kier alpha value is -1.62. The quantitative estimate of drug-likeness (QED) is 0.763. The minimum absolute atomic E-state index is 0.0367. The molecule has 2 unspecified atom stereocenters. The molecule has 2 fully saturated rings. The predicted octanol–water partition coefficient (Wildman–Crippen LogP) is 0.611. The zero-order valence-electron chi connectivity index (χ0n) is 10.2. The molecule has 2 saturated heterocycles. The minimum atomic E-state index is -0.163. The standard InChI is InChI=1S/C13H17N3O2/c17-11-4-2-6-15-12(11)13(18)16-7-9-3-1-5-14-10(9)8-16/h2,4,6,9-10,14,17H,1,3,5,7-8H2. The van der Waals surface area contributed by atoms with E-state index in [4.69, 9.17) is 0 Å². The van der Waals surface area contributed by atoms with E-state index in [9.17, 15) is 9.90 Å². The largest absolute Gasteiger partial charge is 0.505 e. The number of likely N-dealkylation sites (tertiary alicyclic amines) is 1. The van der Waals surface area contributed by atoms with Crippen LogP contribution in [0.15, 0.2) is 18.3 Å². The maximum absolute atomic E-state index is 12.3. The van der Waals surface area contributed by atoms with Crippen molar-refractivity contribution in [2.45, 2.75) is 18.9 Å². The fourth-order valence-electron chi connectivity index (χ4n) is 2.92. The van der Waals surface area contributed by atoms with E-state index in [0.717, 1.165) is 19.6 Å². The van der Waals surface area contributed by atoms with Crippen molar-refractivity contribution in [2.75, 3.05) is 19.6 Å². The van der Waals surface area contributed by atoms with Gasteiger partial charge in [-0.3, -0.25) is 4.79 Å². The van der Waals surface area contributed by atoms with E-state index in [1.54, 1.807) is 11.0 Å². The van der Waals surface area contributed by atoms with Gasteiger partial charge < -0.3 is 15.3 Å². The van der Waals surface area contributed by atoms with Gasteiger partial charge in [0.05, 0.1) is 0 Å². The van der Waals surface area contributed by atoms with Gasteiger partial charge in [-0.05, 0) is 37.4 Å². The summed E-state index contributed by atoms with van der Waals surface area (Å²) in [4.78, 5) is 18.1. The highest BCUT2D eigenvalue weighted by Crippen LogP contribution is 2.27. The molecule has 1 amide bonds. The molecule has 0 spiro atoms. The van der Waals surface area contributed by atoms with E-state index < -0.39 is 0 Å². The lowest BCUT2D eigenvalue weighted by Crippen LogP contribution is -2.41. The van der Waals surface area contributed by atoms with Crippen LogP contribution in [0.25, 0.3) is 0 Å². The van der Waals surface area contributed by atoms with E-state index >= 15 is 0 Å². The van der Waals surface area contributed by atoms with Gasteiger partial charge >= 0.3 is 0 Å². The van der Waals surface area contributed by atoms with Crippen LogP contribution in [-0.4, -0.2) is 46.6 Å². The highest BCUT2D eigenvalue weighted by Gasteiger charge is 2.37. The van der Waals surface area contributed by atoms with E-state index in [0.29, 0.717) is 12.0 Å². The summed E-state index contributed by atoms with van der Waals surface area (Å²) >= 11 is 0. The molecule has 0 radical (unpaired) electrons. The van der Waals surface area contributed by atoms with E-state index in [2.05, 4.69) is 10.3 Å². The van der Waals surface area contributed by atoms with Crippen molar-refractivity contribution >= 4 is 5.91 Å². The molecule has 2 aliphatic rings. The van der Waals surface area contributed by atoms with Crippen molar-refractivity contribution in [3.63, 3.8) is 0 Å². The summed E-state index contributed by atoms with van der Waals surface area (Å²) in [5.41, 5.74) is 0.163. The lowest BCUT2D eigenvalue weighted by Gasteiger charge is -2.24. The van der Waals surface area contributed by atoms with Crippen molar-refractivity contribution < 1.29 is 9.90 Å². The molecule has 0 aromatic carbocycles. The zero-order chi connectivity index (χ0) is 12.5. The first-order valence-electron chi connectivity index (χ1n) is 6.42. The molecule has 96 valence electrons. The second kappa shape index (κ2) is 4.57. The SMILES string of the molecule is O=C(c1ncccc1O)N1CC2CCCNC2C1. The summed E-state index contributed by atoms with van der Waals surface area (Å²) in [6, 6.07) is 3.53. The number of fused-ring (bicyclic) bond motifs is 1. The first-order chi connectivity index (χ1) is 8.75. The van der Waals surface area contributed by atoms with Crippen molar-refractivity contribution in [1.29, 1.82) is 0 Å². The van der Waals surface area contributed by atoms with Crippen molar-refractivity contribution in [2.24, 2.45) is 5.92 Å². The van der Waals surface area contributed by atoms with Crippen LogP contribution in [0.5, 0.6) is 5.75 Å². The van der Waals surface area contributed by atoms with Gasteiger partial charge in [0, 0.05) is 25.3 Å². The number of nitrogens with one attached hydrogen (secondary N) is 1. The third-order valence-electron chi connectivity index (χ3n) is 3.88. The molecule has 2 atom stereocenters. The van der Waals surface area contributed by atoms with Crippen LogP contribution in [0.1, 0.15) is 23.3 Å². The van der Waals surface area contributed by atoms with Gasteiger partial charge in [0.15, 0.2) is 5.69 Å². The number of aromatic hydroxyl groups is 1. The monoisotopic (exact) mass is 247 g/mol. The van der Waals surface area contributed by atoms with Crippen LogP contribution in [0.4, 0.5) is 0 Å². The summed E-state index contributed by atoms with van der Waals surface area (Å²) in [5.74, 6) is 0.350. The molecule has 0 saturated carbocycles. The maximum atomic E-state index is 12.3. The van der Waals surface area contributed by atoms with Crippen LogP contribution in [0.2, 0.25) is 0 Å². The normalized spacial score (nSPS) is 27.0. The fourth-order valence-corrected chi connectivity index (χ4v) is 2.92. The van der Waals surface area contributed by atoms with Gasteiger partial charge in [-0.25, -0.2) is 4.98 Å². The number of nitrogens with zero attached hydrogens (tertiary/aromatic N) is 2. The Morgan fingerprint density at radius 3 is 3.17 bits per heavy atom. The molecular formula is C13H17N3O2. The van der Waals surface area contributed by atoms with E-state index in [-0.39, 0.29) is 17.4 Å². The number of hydrogen-bond donors (Lipinski definition) is 2. The van der Waals surface area contributed by atoms with Gasteiger partial charge in [-0.1, -0.05) is 0 Å². The molecule has 0 bridgehead atoms. The molecule has 1 aromatic heterocycles. The summed E-state index contributed by atoms with van der Waals surface area (Å²) in [7, 11) is 0. The van der Waals surface area contributed by atoms with Crippen molar-refractivity contribution in [3.05, 3.63) is 24.0 Å². The Kier molecular flexibility index (Phi) is 2.91. The lowest BCUT2D eigenvalue weighted by molar-refractivity contribution is 0.0776. The highest BCUT2D eigenvalue weighted by atomic mass is 16.3. The minimum Gasteiger partial charge on any atom is -0.505 e. The van der Waals surface area contributed by atoms with E-state index in [1.165, 1.54) is 25.1 Å². The van der Waals surface area contributed by atoms with E-state index in [1.807, 2.05) is 0 Å². The van der Waals surface area contributed by atoms with Gasteiger partial charge in [0.1, 0.15) is 5.75 Å². The summed E-state index contributed by atoms with van der Waals surface area (Å²) in [6.45, 7) is 2.53.